The smallest absolute Gasteiger partial charge is 0.237 e. The number of nitrogens with zero attached hydrogens (tertiary/aromatic N) is 2. The zero-order valence-electron chi connectivity index (χ0n) is 12.2. The molecule has 0 unspecified atom stereocenters. The Hall–Kier alpha value is -2.61. The van der Waals surface area contributed by atoms with E-state index in [1.807, 2.05) is 0 Å². The van der Waals surface area contributed by atoms with Gasteiger partial charge in [0.25, 0.3) is 5.82 Å². The van der Waals surface area contributed by atoms with Crippen molar-refractivity contribution in [3.63, 3.8) is 0 Å². The van der Waals surface area contributed by atoms with Gasteiger partial charge in [-0.3, -0.25) is 0 Å². The van der Waals surface area contributed by atoms with Crippen molar-refractivity contribution in [2.75, 3.05) is 0 Å². The minimum atomic E-state index is 1.18. The van der Waals surface area contributed by atoms with Gasteiger partial charge >= 0.3 is 0 Å². The molecular formula is C19H17N2+. The van der Waals surface area contributed by atoms with Gasteiger partial charge in [0.15, 0.2) is 0 Å². The molecule has 2 heterocycles. The van der Waals surface area contributed by atoms with E-state index in [-0.39, 0.29) is 0 Å². The largest absolute Gasteiger partial charge is 0.286 e. The molecule has 0 fully saturated rings. The van der Waals surface area contributed by atoms with E-state index in [1.165, 1.54) is 33.2 Å². The maximum Gasteiger partial charge on any atom is 0.286 e. The molecule has 0 saturated heterocycles. The van der Waals surface area contributed by atoms with E-state index in [0.29, 0.717) is 0 Å². The highest BCUT2D eigenvalue weighted by atomic mass is 15.1. The van der Waals surface area contributed by atoms with Gasteiger partial charge in [-0.2, -0.15) is 4.57 Å². The number of hydrogen-bond acceptors (Lipinski definition) is 0. The minimum absolute atomic E-state index is 1.18. The molecule has 0 bridgehead atoms. The van der Waals surface area contributed by atoms with Crippen molar-refractivity contribution in [2.45, 2.75) is 6.92 Å². The van der Waals surface area contributed by atoms with Crippen molar-refractivity contribution >= 4 is 21.8 Å². The molecule has 0 saturated carbocycles. The van der Waals surface area contributed by atoms with Crippen molar-refractivity contribution in [2.24, 2.45) is 7.05 Å². The first-order chi connectivity index (χ1) is 10.3. The third-order valence-corrected chi connectivity index (χ3v) is 4.15. The number of pyridine rings is 1. The van der Waals surface area contributed by atoms with E-state index in [2.05, 4.69) is 90.0 Å². The molecule has 0 amide bonds. The van der Waals surface area contributed by atoms with E-state index < -0.39 is 0 Å². The van der Waals surface area contributed by atoms with Gasteiger partial charge in [-0.1, -0.05) is 30.3 Å². The number of benzene rings is 2. The fraction of sp³-hybridized carbons (Fsp3) is 0.105. The van der Waals surface area contributed by atoms with Crippen molar-refractivity contribution in [1.29, 1.82) is 0 Å². The van der Waals surface area contributed by atoms with Gasteiger partial charge in [-0.05, 0) is 36.8 Å². The lowest BCUT2D eigenvalue weighted by molar-refractivity contribution is -0.665. The Bertz CT molecular complexity index is 964. The molecule has 0 aliphatic rings. The van der Waals surface area contributed by atoms with Gasteiger partial charge in [0.2, 0.25) is 0 Å². The van der Waals surface area contributed by atoms with Crippen LogP contribution in [-0.2, 0) is 7.05 Å². The first kappa shape index (κ1) is 12.2. The summed E-state index contributed by atoms with van der Waals surface area (Å²) in [6, 6.07) is 21.5. The van der Waals surface area contributed by atoms with Gasteiger partial charge in [0.1, 0.15) is 11.0 Å². The standard InChI is InChI=1S/C19H17N2/c1-14-8-7-10-16-15-9-3-4-11-17(15)21(19(14)16)18-12-5-6-13-20(18)2/h3-13H,1-2H3/q+1. The van der Waals surface area contributed by atoms with E-state index in [0.717, 1.165) is 0 Å². The average molecular weight is 273 g/mol. The van der Waals surface area contributed by atoms with Crippen LogP contribution in [0.1, 0.15) is 5.56 Å². The third kappa shape index (κ3) is 1.69. The quantitative estimate of drug-likeness (QED) is 0.465. The Balaban J connectivity index is 2.28. The zero-order valence-corrected chi connectivity index (χ0v) is 12.2. The molecule has 0 N–H and O–H groups in total. The van der Waals surface area contributed by atoms with Crippen molar-refractivity contribution in [1.82, 2.24) is 4.57 Å². The monoisotopic (exact) mass is 273 g/mol. The second-order valence-corrected chi connectivity index (χ2v) is 5.49. The second kappa shape index (κ2) is 4.45. The fourth-order valence-electron chi connectivity index (χ4n) is 3.17. The van der Waals surface area contributed by atoms with Crippen LogP contribution in [0.3, 0.4) is 0 Å². The van der Waals surface area contributed by atoms with Crippen molar-refractivity contribution < 1.29 is 4.57 Å². The Morgan fingerprint density at radius 3 is 2.43 bits per heavy atom. The average Bonchev–Trinajstić information content (AvgIpc) is 2.84. The molecule has 0 radical (unpaired) electrons. The highest BCUT2D eigenvalue weighted by Crippen LogP contribution is 2.32. The van der Waals surface area contributed by atoms with Crippen LogP contribution in [-0.4, -0.2) is 4.57 Å². The van der Waals surface area contributed by atoms with Crippen LogP contribution < -0.4 is 4.57 Å². The minimum Gasteiger partial charge on any atom is -0.237 e. The number of fused-ring (bicyclic) bond motifs is 3. The molecule has 2 aromatic carbocycles. The third-order valence-electron chi connectivity index (χ3n) is 4.15. The molecule has 2 aromatic heterocycles. The number of hydrogen-bond donors (Lipinski definition) is 0. The Morgan fingerprint density at radius 1 is 0.810 bits per heavy atom. The lowest BCUT2D eigenvalue weighted by atomic mass is 10.1. The highest BCUT2D eigenvalue weighted by molar-refractivity contribution is 6.09. The SMILES string of the molecule is Cc1cccc2c3ccccc3n(-c3cccc[n+]3C)c12. The van der Waals surface area contributed by atoms with Crippen LogP contribution in [0.4, 0.5) is 0 Å². The molecule has 21 heavy (non-hydrogen) atoms. The predicted octanol–water partition coefficient (Wildman–Crippen LogP) is 3.92. The van der Waals surface area contributed by atoms with Crippen LogP contribution in [0.25, 0.3) is 27.6 Å². The first-order valence-corrected chi connectivity index (χ1v) is 7.21. The summed E-state index contributed by atoms with van der Waals surface area (Å²) >= 11 is 0. The van der Waals surface area contributed by atoms with Crippen LogP contribution in [0.15, 0.2) is 66.9 Å². The second-order valence-electron chi connectivity index (χ2n) is 5.49. The molecule has 4 aromatic rings. The summed E-state index contributed by atoms with van der Waals surface area (Å²) in [5.74, 6) is 1.18. The Morgan fingerprint density at radius 2 is 1.57 bits per heavy atom. The Labute approximate surface area is 123 Å². The number of aromatic nitrogens is 2. The zero-order chi connectivity index (χ0) is 14.4. The van der Waals surface area contributed by atoms with E-state index >= 15 is 0 Å². The number of rotatable bonds is 1. The van der Waals surface area contributed by atoms with Crippen molar-refractivity contribution in [3.8, 4) is 5.82 Å². The number of aryl methyl sites for hydroxylation is 2. The van der Waals surface area contributed by atoms with Crippen LogP contribution in [0.5, 0.6) is 0 Å². The topological polar surface area (TPSA) is 8.81 Å². The summed E-state index contributed by atoms with van der Waals surface area (Å²) in [4.78, 5) is 0. The first-order valence-electron chi connectivity index (χ1n) is 7.21. The maximum absolute atomic E-state index is 2.36. The highest BCUT2D eigenvalue weighted by Gasteiger charge is 2.20. The molecule has 0 atom stereocenters. The summed E-state index contributed by atoms with van der Waals surface area (Å²) < 4.78 is 4.53. The molecule has 2 heteroatoms. The normalized spacial score (nSPS) is 11.3. The van der Waals surface area contributed by atoms with E-state index in [1.54, 1.807) is 0 Å². The van der Waals surface area contributed by atoms with E-state index in [4.69, 9.17) is 0 Å². The van der Waals surface area contributed by atoms with Crippen LogP contribution in [0.2, 0.25) is 0 Å². The fourth-order valence-corrected chi connectivity index (χ4v) is 3.17. The van der Waals surface area contributed by atoms with Crippen molar-refractivity contribution in [3.05, 3.63) is 72.4 Å². The summed E-state index contributed by atoms with van der Waals surface area (Å²) in [6.07, 6.45) is 2.09. The summed E-state index contributed by atoms with van der Waals surface area (Å²) in [5.41, 5.74) is 3.84. The maximum atomic E-state index is 2.36. The molecule has 0 aliphatic heterocycles. The van der Waals surface area contributed by atoms with Gasteiger partial charge in [0, 0.05) is 16.8 Å². The summed E-state index contributed by atoms with van der Waals surface area (Å²) in [5, 5.41) is 2.62. The molecule has 4 rings (SSSR count). The lowest BCUT2D eigenvalue weighted by Gasteiger charge is -2.04. The molecular weight excluding hydrogens is 256 g/mol. The molecule has 0 aliphatic carbocycles. The van der Waals surface area contributed by atoms with Crippen LogP contribution in [0, 0.1) is 6.92 Å². The lowest BCUT2D eigenvalue weighted by Crippen LogP contribution is -2.33. The number of para-hydroxylation sites is 2. The molecule has 102 valence electrons. The van der Waals surface area contributed by atoms with Gasteiger partial charge in [-0.25, -0.2) is 4.57 Å². The van der Waals surface area contributed by atoms with Gasteiger partial charge < -0.3 is 0 Å². The van der Waals surface area contributed by atoms with Gasteiger partial charge in [-0.15, -0.1) is 0 Å². The Kier molecular flexibility index (Phi) is 2.58. The van der Waals surface area contributed by atoms with E-state index in [9.17, 15) is 0 Å². The summed E-state index contributed by atoms with van der Waals surface area (Å²) in [7, 11) is 2.09. The predicted molar refractivity (Wildman–Crippen MR) is 86.7 cm³/mol. The summed E-state index contributed by atoms with van der Waals surface area (Å²) in [6.45, 7) is 2.18. The van der Waals surface area contributed by atoms with Gasteiger partial charge in [0.05, 0.1) is 13.2 Å². The molecule has 2 nitrogen and oxygen atoms in total. The van der Waals surface area contributed by atoms with Crippen LogP contribution >= 0.6 is 0 Å². The molecule has 0 spiro atoms.